The number of nitrogens with zero attached hydrogens (tertiary/aromatic N) is 1. The number of hydrogen-bond donors (Lipinski definition) is 0. The van der Waals surface area contributed by atoms with Crippen molar-refractivity contribution < 1.29 is 9.47 Å². The Kier molecular flexibility index (Phi) is 9.12. The summed E-state index contributed by atoms with van der Waals surface area (Å²) in [5.41, 5.74) is 1.41. The minimum atomic E-state index is 0.847. The van der Waals surface area contributed by atoms with Crippen LogP contribution < -0.4 is 4.74 Å². The van der Waals surface area contributed by atoms with Crippen molar-refractivity contribution in [2.45, 2.75) is 51.9 Å². The lowest BCUT2D eigenvalue weighted by Gasteiger charge is -2.26. The van der Waals surface area contributed by atoms with Gasteiger partial charge in [-0.25, -0.2) is 0 Å². The van der Waals surface area contributed by atoms with Gasteiger partial charge in [0.05, 0.1) is 19.8 Å². The Bertz CT molecular complexity index is 399. The summed E-state index contributed by atoms with van der Waals surface area (Å²) < 4.78 is 11.2. The van der Waals surface area contributed by atoms with Gasteiger partial charge in [-0.2, -0.15) is 0 Å². The van der Waals surface area contributed by atoms with E-state index in [1.54, 1.807) is 0 Å². The molecule has 1 heterocycles. The standard InChI is InChI=1S/C20H33NO2/c1-2-3-4-5-6-16-23-20-11-9-19(10-12-20)8-7-13-21-14-17-22-18-15-21/h9-12H,2-8,13-18H2,1H3. The summed E-state index contributed by atoms with van der Waals surface area (Å²) >= 11 is 0. The third-order valence-electron chi connectivity index (χ3n) is 4.48. The van der Waals surface area contributed by atoms with E-state index in [2.05, 4.69) is 36.1 Å². The molecule has 0 amide bonds. The lowest BCUT2D eigenvalue weighted by Crippen LogP contribution is -2.36. The fourth-order valence-electron chi connectivity index (χ4n) is 2.98. The van der Waals surface area contributed by atoms with Crippen molar-refractivity contribution in [3.05, 3.63) is 29.8 Å². The molecule has 23 heavy (non-hydrogen) atoms. The van der Waals surface area contributed by atoms with Crippen molar-refractivity contribution in [1.29, 1.82) is 0 Å². The molecule has 3 heteroatoms. The van der Waals surface area contributed by atoms with Gasteiger partial charge in [0, 0.05) is 13.1 Å². The zero-order valence-electron chi connectivity index (χ0n) is 14.8. The van der Waals surface area contributed by atoms with E-state index in [1.165, 1.54) is 50.6 Å². The maximum atomic E-state index is 5.82. The van der Waals surface area contributed by atoms with Crippen LogP contribution in [0.5, 0.6) is 5.75 Å². The molecule has 1 aliphatic rings. The van der Waals surface area contributed by atoms with Gasteiger partial charge in [0.1, 0.15) is 5.75 Å². The second-order valence-electron chi connectivity index (χ2n) is 6.46. The summed E-state index contributed by atoms with van der Waals surface area (Å²) in [6.07, 6.45) is 8.80. The average molecular weight is 319 g/mol. The summed E-state index contributed by atoms with van der Waals surface area (Å²) in [5.74, 6) is 1.01. The Morgan fingerprint density at radius 3 is 2.43 bits per heavy atom. The Labute approximate surface area is 142 Å². The average Bonchev–Trinajstić information content (AvgIpc) is 2.60. The highest BCUT2D eigenvalue weighted by Crippen LogP contribution is 2.14. The van der Waals surface area contributed by atoms with E-state index in [-0.39, 0.29) is 0 Å². The molecular formula is C20H33NO2. The topological polar surface area (TPSA) is 21.7 Å². The molecular weight excluding hydrogens is 286 g/mol. The van der Waals surface area contributed by atoms with Crippen LogP contribution in [-0.4, -0.2) is 44.4 Å². The summed E-state index contributed by atoms with van der Waals surface area (Å²) in [4.78, 5) is 2.50. The van der Waals surface area contributed by atoms with Crippen LogP contribution in [0.2, 0.25) is 0 Å². The molecule has 1 saturated heterocycles. The molecule has 0 saturated carbocycles. The minimum Gasteiger partial charge on any atom is -0.494 e. The predicted octanol–water partition coefficient (Wildman–Crippen LogP) is 4.30. The summed E-state index contributed by atoms with van der Waals surface area (Å²) in [6.45, 7) is 8.24. The quantitative estimate of drug-likeness (QED) is 0.568. The van der Waals surface area contributed by atoms with E-state index in [9.17, 15) is 0 Å². The Morgan fingerprint density at radius 2 is 1.70 bits per heavy atom. The number of benzene rings is 1. The number of ether oxygens (including phenoxy) is 2. The number of morpholine rings is 1. The molecule has 0 N–H and O–H groups in total. The fourth-order valence-corrected chi connectivity index (χ4v) is 2.98. The summed E-state index contributed by atoms with van der Waals surface area (Å²) in [7, 11) is 0. The van der Waals surface area contributed by atoms with E-state index in [4.69, 9.17) is 9.47 Å². The van der Waals surface area contributed by atoms with Crippen molar-refractivity contribution in [2.24, 2.45) is 0 Å². The summed E-state index contributed by atoms with van der Waals surface area (Å²) in [5, 5.41) is 0. The van der Waals surface area contributed by atoms with Crippen molar-refractivity contribution >= 4 is 0 Å². The van der Waals surface area contributed by atoms with E-state index in [0.29, 0.717) is 0 Å². The second-order valence-corrected chi connectivity index (χ2v) is 6.46. The van der Waals surface area contributed by atoms with Gasteiger partial charge in [0.25, 0.3) is 0 Å². The van der Waals surface area contributed by atoms with Crippen LogP contribution in [0.1, 0.15) is 51.0 Å². The van der Waals surface area contributed by atoms with E-state index < -0.39 is 0 Å². The van der Waals surface area contributed by atoms with Crippen LogP contribution in [0, 0.1) is 0 Å². The molecule has 0 spiro atoms. The molecule has 0 atom stereocenters. The third-order valence-corrected chi connectivity index (χ3v) is 4.48. The number of hydrogen-bond acceptors (Lipinski definition) is 3. The van der Waals surface area contributed by atoms with Gasteiger partial charge in [-0.1, -0.05) is 44.7 Å². The Hall–Kier alpha value is -1.06. The van der Waals surface area contributed by atoms with E-state index >= 15 is 0 Å². The Balaban J connectivity index is 1.56. The molecule has 0 aliphatic carbocycles. The number of unbranched alkanes of at least 4 members (excludes halogenated alkanes) is 4. The van der Waals surface area contributed by atoms with Gasteiger partial charge in [-0.3, -0.25) is 4.90 Å². The minimum absolute atomic E-state index is 0.847. The third kappa shape index (κ3) is 7.85. The van der Waals surface area contributed by atoms with Gasteiger partial charge in [-0.05, 0) is 43.5 Å². The molecule has 0 bridgehead atoms. The second kappa shape index (κ2) is 11.5. The molecule has 0 aromatic heterocycles. The molecule has 1 aliphatic heterocycles. The molecule has 1 aromatic rings. The molecule has 1 fully saturated rings. The number of aryl methyl sites for hydroxylation is 1. The highest BCUT2D eigenvalue weighted by molar-refractivity contribution is 5.27. The smallest absolute Gasteiger partial charge is 0.119 e. The van der Waals surface area contributed by atoms with Crippen LogP contribution in [0.25, 0.3) is 0 Å². The van der Waals surface area contributed by atoms with Crippen molar-refractivity contribution in [3.8, 4) is 5.75 Å². The monoisotopic (exact) mass is 319 g/mol. The highest BCUT2D eigenvalue weighted by atomic mass is 16.5. The Morgan fingerprint density at radius 1 is 0.957 bits per heavy atom. The predicted molar refractivity (Wildman–Crippen MR) is 96.3 cm³/mol. The molecule has 0 radical (unpaired) electrons. The largest absolute Gasteiger partial charge is 0.494 e. The van der Waals surface area contributed by atoms with Crippen LogP contribution in [-0.2, 0) is 11.2 Å². The maximum Gasteiger partial charge on any atom is 0.119 e. The van der Waals surface area contributed by atoms with Crippen LogP contribution in [0.4, 0.5) is 0 Å². The van der Waals surface area contributed by atoms with Crippen LogP contribution >= 0.6 is 0 Å². The lowest BCUT2D eigenvalue weighted by molar-refractivity contribution is 0.0374. The normalized spacial score (nSPS) is 15.7. The van der Waals surface area contributed by atoms with Crippen molar-refractivity contribution in [3.63, 3.8) is 0 Å². The van der Waals surface area contributed by atoms with Gasteiger partial charge in [0.2, 0.25) is 0 Å². The SMILES string of the molecule is CCCCCCCOc1ccc(CCCN2CCOCC2)cc1. The number of rotatable bonds is 11. The van der Waals surface area contributed by atoms with Gasteiger partial charge >= 0.3 is 0 Å². The van der Waals surface area contributed by atoms with Crippen LogP contribution in [0.15, 0.2) is 24.3 Å². The van der Waals surface area contributed by atoms with Gasteiger partial charge in [0.15, 0.2) is 0 Å². The van der Waals surface area contributed by atoms with Crippen molar-refractivity contribution in [2.75, 3.05) is 39.5 Å². The lowest BCUT2D eigenvalue weighted by atomic mass is 10.1. The molecule has 2 rings (SSSR count). The first-order chi connectivity index (χ1) is 11.4. The van der Waals surface area contributed by atoms with Crippen molar-refractivity contribution in [1.82, 2.24) is 4.90 Å². The van der Waals surface area contributed by atoms with Crippen LogP contribution in [0.3, 0.4) is 0 Å². The zero-order chi connectivity index (χ0) is 16.2. The molecule has 0 unspecified atom stereocenters. The molecule has 3 nitrogen and oxygen atoms in total. The first-order valence-electron chi connectivity index (χ1n) is 9.40. The molecule has 130 valence electrons. The highest BCUT2D eigenvalue weighted by Gasteiger charge is 2.09. The fraction of sp³-hybridized carbons (Fsp3) is 0.700. The molecule has 1 aromatic carbocycles. The first kappa shape index (κ1) is 18.3. The van der Waals surface area contributed by atoms with Gasteiger partial charge in [-0.15, -0.1) is 0 Å². The maximum absolute atomic E-state index is 5.82. The van der Waals surface area contributed by atoms with Gasteiger partial charge < -0.3 is 9.47 Å². The zero-order valence-corrected chi connectivity index (χ0v) is 14.8. The van der Waals surface area contributed by atoms with E-state index in [0.717, 1.165) is 45.1 Å². The summed E-state index contributed by atoms with van der Waals surface area (Å²) in [6, 6.07) is 8.67. The van der Waals surface area contributed by atoms with E-state index in [1.807, 2.05) is 0 Å². The first-order valence-corrected chi connectivity index (χ1v) is 9.40.